The van der Waals surface area contributed by atoms with Gasteiger partial charge in [0.05, 0.1) is 29.6 Å². The van der Waals surface area contributed by atoms with E-state index in [0.717, 1.165) is 4.70 Å². The number of nitrogens with one attached hydrogen (secondary N) is 1. The van der Waals surface area contributed by atoms with Gasteiger partial charge in [0, 0.05) is 28.3 Å². The van der Waals surface area contributed by atoms with Crippen LogP contribution in [0.25, 0.3) is 21.5 Å². The van der Waals surface area contributed by atoms with Crippen LogP contribution in [0.15, 0.2) is 46.9 Å². The Hall–Kier alpha value is -3.99. The van der Waals surface area contributed by atoms with Crippen molar-refractivity contribution in [2.45, 2.75) is 0 Å². The molecule has 0 saturated carbocycles. The van der Waals surface area contributed by atoms with Crippen LogP contribution in [0.1, 0.15) is 9.67 Å². The largest absolute Gasteiger partial charge is 0.497 e. The van der Waals surface area contributed by atoms with Gasteiger partial charge >= 0.3 is 6.01 Å². The van der Waals surface area contributed by atoms with Crippen molar-refractivity contribution < 1.29 is 23.6 Å². The number of hydrogen-bond donors (Lipinski definition) is 1. The summed E-state index contributed by atoms with van der Waals surface area (Å²) in [6.45, 7) is 0. The monoisotopic (exact) mass is 426 g/mol. The fourth-order valence-corrected chi connectivity index (χ4v) is 3.71. The van der Waals surface area contributed by atoms with Crippen molar-refractivity contribution in [3.63, 3.8) is 0 Å². The summed E-state index contributed by atoms with van der Waals surface area (Å²) in [5.41, 5.74) is 0.503. The maximum atomic E-state index is 12.6. The third-order valence-corrected chi connectivity index (χ3v) is 5.33. The number of non-ortho nitro benzene ring substituents is 1. The molecule has 11 heteroatoms. The normalized spacial score (nSPS) is 10.7. The van der Waals surface area contributed by atoms with Crippen LogP contribution in [0.2, 0.25) is 0 Å². The Morgan fingerprint density at radius 2 is 1.97 bits per heavy atom. The van der Waals surface area contributed by atoms with Gasteiger partial charge in [0.2, 0.25) is 0 Å². The maximum Gasteiger partial charge on any atom is 0.322 e. The van der Waals surface area contributed by atoms with E-state index in [-0.39, 0.29) is 17.6 Å². The lowest BCUT2D eigenvalue weighted by Gasteiger charge is -2.07. The van der Waals surface area contributed by atoms with Gasteiger partial charge in [-0.15, -0.1) is 16.4 Å². The predicted molar refractivity (Wildman–Crippen MR) is 109 cm³/mol. The number of methoxy groups -OCH3 is 2. The first-order valence-electron chi connectivity index (χ1n) is 8.53. The number of fused-ring (bicyclic) bond motifs is 1. The fraction of sp³-hybridized carbons (Fsp3) is 0.105. The molecule has 1 N–H and O–H groups in total. The van der Waals surface area contributed by atoms with Crippen molar-refractivity contribution in [2.75, 3.05) is 19.5 Å². The molecule has 0 atom stereocenters. The molecule has 0 unspecified atom stereocenters. The number of aromatic nitrogens is 2. The number of ether oxygens (including phenoxy) is 2. The third kappa shape index (κ3) is 3.65. The molecule has 0 aliphatic heterocycles. The Balaban J connectivity index is 1.56. The van der Waals surface area contributed by atoms with Crippen LogP contribution in [-0.4, -0.2) is 35.2 Å². The Kier molecular flexibility index (Phi) is 5.02. The van der Waals surface area contributed by atoms with Crippen molar-refractivity contribution in [2.24, 2.45) is 0 Å². The Morgan fingerprint density at radius 1 is 1.13 bits per heavy atom. The first kappa shape index (κ1) is 19.3. The van der Waals surface area contributed by atoms with Gasteiger partial charge in [0.1, 0.15) is 11.5 Å². The second kappa shape index (κ2) is 7.79. The number of benzene rings is 2. The van der Waals surface area contributed by atoms with Gasteiger partial charge in [-0.05, 0) is 24.3 Å². The SMILES string of the molecule is COc1ccc(-c2nnc(NC(=O)c3cc4cc([N+](=O)[O-])ccc4s3)o2)c(OC)c1. The molecule has 2 heterocycles. The molecule has 0 aliphatic carbocycles. The fourth-order valence-electron chi connectivity index (χ4n) is 2.77. The minimum absolute atomic E-state index is 0.0396. The Morgan fingerprint density at radius 3 is 2.70 bits per heavy atom. The van der Waals surface area contributed by atoms with E-state index in [9.17, 15) is 14.9 Å². The van der Waals surface area contributed by atoms with Gasteiger partial charge in [-0.2, -0.15) is 0 Å². The quantitative estimate of drug-likeness (QED) is 0.360. The van der Waals surface area contributed by atoms with Crippen LogP contribution >= 0.6 is 11.3 Å². The van der Waals surface area contributed by atoms with E-state index < -0.39 is 10.8 Å². The third-order valence-electron chi connectivity index (χ3n) is 4.22. The van der Waals surface area contributed by atoms with Crippen LogP contribution in [0.3, 0.4) is 0 Å². The highest BCUT2D eigenvalue weighted by Gasteiger charge is 2.18. The topological polar surface area (TPSA) is 130 Å². The van der Waals surface area contributed by atoms with E-state index in [2.05, 4.69) is 15.5 Å². The number of anilines is 1. The van der Waals surface area contributed by atoms with Crippen LogP contribution in [0.5, 0.6) is 11.5 Å². The van der Waals surface area contributed by atoms with Crippen LogP contribution in [-0.2, 0) is 0 Å². The summed E-state index contributed by atoms with van der Waals surface area (Å²) in [5.74, 6) is 0.781. The number of amides is 1. The molecule has 0 saturated heterocycles. The standard InChI is InChI=1S/C19H14N4O6S/c1-27-12-4-5-13(14(9-12)28-2)18-21-22-19(29-18)20-17(24)16-8-10-7-11(23(25)26)3-6-15(10)30-16/h3-9H,1-2H3,(H,20,22,24). The van der Waals surface area contributed by atoms with Crippen molar-refractivity contribution >= 4 is 39.0 Å². The minimum Gasteiger partial charge on any atom is -0.497 e. The van der Waals surface area contributed by atoms with E-state index in [0.29, 0.717) is 27.3 Å². The molecule has 10 nitrogen and oxygen atoms in total. The first-order valence-corrected chi connectivity index (χ1v) is 9.35. The van der Waals surface area contributed by atoms with E-state index in [1.165, 1.54) is 30.6 Å². The second-order valence-electron chi connectivity index (χ2n) is 6.02. The molecular formula is C19H14N4O6S. The zero-order valence-electron chi connectivity index (χ0n) is 15.7. The second-order valence-corrected chi connectivity index (χ2v) is 7.11. The summed E-state index contributed by atoms with van der Waals surface area (Å²) in [6, 6.07) is 11.0. The predicted octanol–water partition coefficient (Wildman–Crippen LogP) is 4.13. The number of rotatable bonds is 6. The van der Waals surface area contributed by atoms with Gasteiger partial charge in [0.25, 0.3) is 17.5 Å². The van der Waals surface area contributed by atoms with Gasteiger partial charge < -0.3 is 13.9 Å². The number of nitro benzene ring substituents is 1. The molecule has 2 aromatic carbocycles. The zero-order chi connectivity index (χ0) is 21.3. The average molecular weight is 426 g/mol. The van der Waals surface area contributed by atoms with E-state index in [1.54, 1.807) is 37.4 Å². The lowest BCUT2D eigenvalue weighted by molar-refractivity contribution is -0.384. The summed E-state index contributed by atoms with van der Waals surface area (Å²) in [5, 5.41) is 21.9. The zero-order valence-corrected chi connectivity index (χ0v) is 16.6. The molecule has 2 aromatic heterocycles. The van der Waals surface area contributed by atoms with Crippen molar-refractivity contribution in [1.29, 1.82) is 0 Å². The van der Waals surface area contributed by atoms with Crippen molar-refractivity contribution in [1.82, 2.24) is 10.2 Å². The number of nitro groups is 1. The number of carbonyl (C=O) groups excluding carboxylic acids is 1. The number of carbonyl (C=O) groups is 1. The van der Waals surface area contributed by atoms with E-state index in [4.69, 9.17) is 13.9 Å². The van der Waals surface area contributed by atoms with Gasteiger partial charge in [0.15, 0.2) is 0 Å². The molecule has 0 bridgehead atoms. The number of thiophene rings is 1. The van der Waals surface area contributed by atoms with Crippen molar-refractivity contribution in [3.05, 3.63) is 57.5 Å². The molecule has 30 heavy (non-hydrogen) atoms. The molecule has 0 radical (unpaired) electrons. The van der Waals surface area contributed by atoms with Gasteiger partial charge in [-0.1, -0.05) is 5.10 Å². The highest BCUT2D eigenvalue weighted by Crippen LogP contribution is 2.33. The average Bonchev–Trinajstić information content (AvgIpc) is 3.39. The molecular weight excluding hydrogens is 412 g/mol. The highest BCUT2D eigenvalue weighted by molar-refractivity contribution is 7.20. The number of nitrogens with zero attached hydrogens (tertiary/aromatic N) is 3. The van der Waals surface area contributed by atoms with Gasteiger partial charge in [-0.3, -0.25) is 20.2 Å². The Bertz CT molecular complexity index is 1270. The highest BCUT2D eigenvalue weighted by atomic mass is 32.1. The molecule has 0 aliphatic rings. The molecule has 152 valence electrons. The molecule has 4 aromatic rings. The lowest BCUT2D eigenvalue weighted by Crippen LogP contribution is -2.10. The lowest BCUT2D eigenvalue weighted by atomic mass is 10.2. The summed E-state index contributed by atoms with van der Waals surface area (Å²) >= 11 is 1.20. The summed E-state index contributed by atoms with van der Waals surface area (Å²) in [4.78, 5) is 23.3. The summed E-state index contributed by atoms with van der Waals surface area (Å²) in [6.07, 6.45) is 0. The molecule has 4 rings (SSSR count). The summed E-state index contributed by atoms with van der Waals surface area (Å²) < 4.78 is 16.8. The molecule has 1 amide bonds. The Labute approximate surface area is 173 Å². The van der Waals surface area contributed by atoms with Gasteiger partial charge in [-0.25, -0.2) is 0 Å². The van der Waals surface area contributed by atoms with E-state index >= 15 is 0 Å². The molecule has 0 spiro atoms. The van der Waals surface area contributed by atoms with Crippen LogP contribution in [0.4, 0.5) is 11.7 Å². The van der Waals surface area contributed by atoms with E-state index in [1.807, 2.05) is 0 Å². The molecule has 0 fully saturated rings. The smallest absolute Gasteiger partial charge is 0.322 e. The van der Waals surface area contributed by atoms with Crippen molar-refractivity contribution in [3.8, 4) is 23.0 Å². The minimum atomic E-state index is -0.482. The first-order chi connectivity index (χ1) is 14.5. The summed E-state index contributed by atoms with van der Waals surface area (Å²) in [7, 11) is 3.05. The van der Waals surface area contributed by atoms with Crippen LogP contribution < -0.4 is 14.8 Å². The van der Waals surface area contributed by atoms with Crippen LogP contribution in [0, 0.1) is 10.1 Å². The number of hydrogen-bond acceptors (Lipinski definition) is 9. The maximum absolute atomic E-state index is 12.6.